The quantitative estimate of drug-likeness (QED) is 0.555. The summed E-state index contributed by atoms with van der Waals surface area (Å²) < 4.78 is 9.24. The lowest BCUT2D eigenvalue weighted by Gasteiger charge is -2.08. The molecule has 8 nitrogen and oxygen atoms in total. The predicted molar refractivity (Wildman–Crippen MR) is 110 cm³/mol. The van der Waals surface area contributed by atoms with Crippen molar-refractivity contribution in [3.8, 4) is 17.1 Å². The molecule has 0 saturated carbocycles. The Hall–Kier alpha value is -2.81. The maximum absolute atomic E-state index is 12.3. The summed E-state index contributed by atoms with van der Waals surface area (Å²) in [6.45, 7) is 8.12. The van der Waals surface area contributed by atoms with Gasteiger partial charge in [0.2, 0.25) is 5.91 Å². The Morgan fingerprint density at radius 2 is 1.93 bits per heavy atom. The normalized spacial score (nSPS) is 10.8. The van der Waals surface area contributed by atoms with Gasteiger partial charge in [0.1, 0.15) is 5.75 Å². The van der Waals surface area contributed by atoms with Crippen molar-refractivity contribution < 1.29 is 9.53 Å². The molecule has 0 saturated heterocycles. The van der Waals surface area contributed by atoms with Gasteiger partial charge in [0.25, 0.3) is 0 Å². The molecule has 0 aliphatic heterocycles. The molecule has 28 heavy (non-hydrogen) atoms. The number of nitrogens with zero attached hydrogens (tertiary/aromatic N) is 5. The van der Waals surface area contributed by atoms with Crippen molar-refractivity contribution in [2.75, 3.05) is 17.7 Å². The molecule has 0 unspecified atom stereocenters. The number of rotatable bonds is 9. The lowest BCUT2D eigenvalue weighted by molar-refractivity contribution is -0.113. The van der Waals surface area contributed by atoms with E-state index in [1.165, 1.54) is 11.8 Å². The largest absolute Gasteiger partial charge is 0.494 e. The van der Waals surface area contributed by atoms with Gasteiger partial charge in [-0.25, -0.2) is 0 Å². The number of hydrogen-bond acceptors (Lipinski definition) is 6. The molecular weight excluding hydrogens is 376 g/mol. The van der Waals surface area contributed by atoms with E-state index >= 15 is 0 Å². The number of anilines is 1. The van der Waals surface area contributed by atoms with Crippen molar-refractivity contribution in [3.05, 3.63) is 36.7 Å². The lowest BCUT2D eigenvalue weighted by atomic mass is 10.3. The van der Waals surface area contributed by atoms with Gasteiger partial charge >= 0.3 is 0 Å². The van der Waals surface area contributed by atoms with Gasteiger partial charge in [-0.05, 0) is 45.0 Å². The zero-order valence-electron chi connectivity index (χ0n) is 16.3. The van der Waals surface area contributed by atoms with Crippen LogP contribution in [-0.4, -0.2) is 42.8 Å². The zero-order chi connectivity index (χ0) is 19.9. The Labute approximate surface area is 168 Å². The fraction of sp³-hybridized carbons (Fsp3) is 0.368. The lowest BCUT2D eigenvalue weighted by Crippen LogP contribution is -2.14. The number of aryl methyl sites for hydroxylation is 1. The number of ether oxygens (including phenoxy) is 1. The van der Waals surface area contributed by atoms with Crippen molar-refractivity contribution >= 4 is 23.4 Å². The minimum atomic E-state index is -0.0971. The van der Waals surface area contributed by atoms with Gasteiger partial charge in [-0.3, -0.25) is 9.48 Å². The van der Waals surface area contributed by atoms with Crippen molar-refractivity contribution in [3.63, 3.8) is 0 Å². The number of hydrogen-bond donors (Lipinski definition) is 1. The van der Waals surface area contributed by atoms with E-state index in [-0.39, 0.29) is 11.7 Å². The minimum Gasteiger partial charge on any atom is -0.494 e. The smallest absolute Gasteiger partial charge is 0.234 e. The first kappa shape index (κ1) is 19.9. The monoisotopic (exact) mass is 400 g/mol. The Morgan fingerprint density at radius 3 is 2.57 bits per heavy atom. The summed E-state index contributed by atoms with van der Waals surface area (Å²) in [5, 5.41) is 16.4. The highest BCUT2D eigenvalue weighted by Crippen LogP contribution is 2.24. The third-order valence-corrected chi connectivity index (χ3v) is 5.00. The van der Waals surface area contributed by atoms with Crippen LogP contribution in [0.5, 0.6) is 5.75 Å². The first-order chi connectivity index (χ1) is 13.6. The van der Waals surface area contributed by atoms with Gasteiger partial charge in [-0.15, -0.1) is 10.2 Å². The van der Waals surface area contributed by atoms with Crippen LogP contribution in [0.15, 0.2) is 41.8 Å². The van der Waals surface area contributed by atoms with Gasteiger partial charge in [-0.2, -0.15) is 5.10 Å². The fourth-order valence-electron chi connectivity index (χ4n) is 2.67. The van der Waals surface area contributed by atoms with Crippen LogP contribution in [-0.2, 0) is 17.9 Å². The van der Waals surface area contributed by atoms with E-state index in [0.29, 0.717) is 18.3 Å². The predicted octanol–water partition coefficient (Wildman–Crippen LogP) is 3.31. The van der Waals surface area contributed by atoms with Crippen molar-refractivity contribution in [2.45, 2.75) is 39.0 Å². The Kier molecular flexibility index (Phi) is 6.70. The highest BCUT2D eigenvalue weighted by molar-refractivity contribution is 7.99. The molecular formula is C19H24N6O2S. The molecule has 1 aromatic carbocycles. The second-order valence-electron chi connectivity index (χ2n) is 5.93. The zero-order valence-corrected chi connectivity index (χ0v) is 17.1. The first-order valence-electron chi connectivity index (χ1n) is 9.26. The van der Waals surface area contributed by atoms with E-state index in [1.807, 2.05) is 60.5 Å². The number of amides is 1. The fourth-order valence-corrected chi connectivity index (χ4v) is 3.48. The van der Waals surface area contributed by atoms with Crippen LogP contribution in [0.1, 0.15) is 20.8 Å². The van der Waals surface area contributed by atoms with E-state index in [0.717, 1.165) is 29.4 Å². The van der Waals surface area contributed by atoms with Gasteiger partial charge < -0.3 is 14.6 Å². The molecule has 0 bridgehead atoms. The highest BCUT2D eigenvalue weighted by atomic mass is 32.2. The average Bonchev–Trinajstić information content (AvgIpc) is 3.34. The summed E-state index contributed by atoms with van der Waals surface area (Å²) in [6.07, 6.45) is 3.73. The van der Waals surface area contributed by atoms with E-state index in [2.05, 4.69) is 20.6 Å². The molecule has 0 fully saturated rings. The number of thioether (sulfide) groups is 1. The van der Waals surface area contributed by atoms with Gasteiger partial charge in [0, 0.05) is 25.0 Å². The molecule has 3 rings (SSSR count). The van der Waals surface area contributed by atoms with Gasteiger partial charge in [0.05, 0.1) is 24.1 Å². The molecule has 148 valence electrons. The number of carbonyl (C=O) groups excluding carboxylic acids is 1. The maximum Gasteiger partial charge on any atom is 0.234 e. The number of nitrogens with one attached hydrogen (secondary N) is 1. The first-order valence-corrected chi connectivity index (χ1v) is 10.2. The summed E-state index contributed by atoms with van der Waals surface area (Å²) in [5.74, 6) is 1.70. The summed E-state index contributed by atoms with van der Waals surface area (Å²) in [5.41, 5.74) is 1.65. The number of benzene rings is 1. The molecule has 1 N–H and O–H groups in total. The van der Waals surface area contributed by atoms with Crippen LogP contribution in [0, 0.1) is 0 Å². The van der Waals surface area contributed by atoms with Crippen LogP contribution in [0.4, 0.5) is 5.69 Å². The second-order valence-corrected chi connectivity index (χ2v) is 6.87. The highest BCUT2D eigenvalue weighted by Gasteiger charge is 2.16. The molecule has 1 amide bonds. The van der Waals surface area contributed by atoms with E-state index in [4.69, 9.17) is 4.74 Å². The molecule has 0 aliphatic carbocycles. The Morgan fingerprint density at radius 1 is 1.14 bits per heavy atom. The molecule has 0 atom stereocenters. The summed E-state index contributed by atoms with van der Waals surface area (Å²) in [4.78, 5) is 12.3. The van der Waals surface area contributed by atoms with Crippen molar-refractivity contribution in [1.82, 2.24) is 24.5 Å². The Balaban J connectivity index is 1.61. The summed E-state index contributed by atoms with van der Waals surface area (Å²) in [7, 11) is 0. The topological polar surface area (TPSA) is 86.9 Å². The molecule has 0 radical (unpaired) electrons. The Bertz CT molecular complexity index is 919. The average molecular weight is 401 g/mol. The standard InChI is InChI=1S/C19H24N6O2S/c1-4-24-12-14(11-20-24)18-22-23-19(25(18)5-2)28-13-17(26)21-15-7-9-16(10-8-15)27-6-3/h7-12H,4-6,13H2,1-3H3,(H,21,26). The number of aromatic nitrogens is 5. The summed E-state index contributed by atoms with van der Waals surface area (Å²) >= 11 is 1.36. The molecule has 0 spiro atoms. The van der Waals surface area contributed by atoms with Crippen LogP contribution in [0.25, 0.3) is 11.4 Å². The van der Waals surface area contributed by atoms with Crippen LogP contribution in [0.3, 0.4) is 0 Å². The number of carbonyl (C=O) groups is 1. The van der Waals surface area contributed by atoms with Crippen LogP contribution in [0.2, 0.25) is 0 Å². The van der Waals surface area contributed by atoms with Crippen molar-refractivity contribution in [1.29, 1.82) is 0 Å². The molecule has 9 heteroatoms. The van der Waals surface area contributed by atoms with Gasteiger partial charge in [-0.1, -0.05) is 11.8 Å². The van der Waals surface area contributed by atoms with Crippen LogP contribution < -0.4 is 10.1 Å². The SMILES string of the molecule is CCOc1ccc(NC(=O)CSc2nnc(-c3cnn(CC)c3)n2CC)cc1. The van der Waals surface area contributed by atoms with E-state index in [1.54, 1.807) is 6.20 Å². The molecule has 0 aliphatic rings. The third kappa shape index (κ3) is 4.72. The maximum atomic E-state index is 12.3. The second kappa shape index (κ2) is 9.41. The van der Waals surface area contributed by atoms with E-state index < -0.39 is 0 Å². The molecule has 3 aromatic rings. The van der Waals surface area contributed by atoms with Crippen molar-refractivity contribution in [2.24, 2.45) is 0 Å². The van der Waals surface area contributed by atoms with Crippen LogP contribution >= 0.6 is 11.8 Å². The molecule has 2 heterocycles. The third-order valence-electron chi connectivity index (χ3n) is 4.03. The minimum absolute atomic E-state index is 0.0971. The van der Waals surface area contributed by atoms with Gasteiger partial charge in [0.15, 0.2) is 11.0 Å². The molecule has 2 aromatic heterocycles. The van der Waals surface area contributed by atoms with E-state index in [9.17, 15) is 4.79 Å². The summed E-state index contributed by atoms with van der Waals surface area (Å²) in [6, 6.07) is 7.32.